The summed E-state index contributed by atoms with van der Waals surface area (Å²) in [6.07, 6.45) is 0.707. The van der Waals surface area contributed by atoms with Gasteiger partial charge in [0.1, 0.15) is 0 Å². The lowest BCUT2D eigenvalue weighted by Gasteiger charge is -2.24. The summed E-state index contributed by atoms with van der Waals surface area (Å²) in [4.78, 5) is 13.8. The topological polar surface area (TPSA) is 92.5 Å². The highest BCUT2D eigenvalue weighted by Gasteiger charge is 2.14. The number of hydrogen-bond acceptors (Lipinski definition) is 4. The summed E-state index contributed by atoms with van der Waals surface area (Å²) >= 11 is 0. The van der Waals surface area contributed by atoms with Crippen molar-refractivity contribution in [2.45, 2.75) is 24.4 Å². The van der Waals surface area contributed by atoms with Crippen LogP contribution in [0.1, 0.15) is 23.7 Å². The molecule has 1 amide bonds. The van der Waals surface area contributed by atoms with Gasteiger partial charge in [-0.15, -0.1) is 0 Å². The van der Waals surface area contributed by atoms with Crippen molar-refractivity contribution in [1.82, 2.24) is 10.2 Å². The van der Waals surface area contributed by atoms with Gasteiger partial charge in [-0.1, -0.05) is 6.92 Å². The molecule has 0 saturated heterocycles. The van der Waals surface area contributed by atoms with Crippen molar-refractivity contribution in [3.8, 4) is 0 Å². The number of rotatable bonds is 5. The van der Waals surface area contributed by atoms with Crippen LogP contribution in [0, 0.1) is 0 Å². The van der Waals surface area contributed by atoms with Crippen LogP contribution in [-0.2, 0) is 10.0 Å². The second kappa shape index (κ2) is 6.14. The minimum absolute atomic E-state index is 0.0105. The molecule has 0 bridgehead atoms. The van der Waals surface area contributed by atoms with Crippen molar-refractivity contribution in [2.24, 2.45) is 5.14 Å². The zero-order valence-corrected chi connectivity index (χ0v) is 12.1. The summed E-state index contributed by atoms with van der Waals surface area (Å²) < 4.78 is 22.2. The molecule has 7 heteroatoms. The minimum atomic E-state index is -3.73. The SMILES string of the molecule is CCC(NC(=O)c1ccc(S(N)(=O)=O)cc1)N(C)C. The van der Waals surface area contributed by atoms with Gasteiger partial charge < -0.3 is 5.32 Å². The van der Waals surface area contributed by atoms with Crippen molar-refractivity contribution in [1.29, 1.82) is 0 Å². The van der Waals surface area contributed by atoms with E-state index in [1.807, 2.05) is 25.9 Å². The van der Waals surface area contributed by atoms with Gasteiger partial charge in [0.15, 0.2) is 0 Å². The summed E-state index contributed by atoms with van der Waals surface area (Å²) in [6.45, 7) is 1.97. The molecule has 0 heterocycles. The largest absolute Gasteiger partial charge is 0.337 e. The van der Waals surface area contributed by atoms with E-state index in [0.29, 0.717) is 5.56 Å². The van der Waals surface area contributed by atoms with Crippen molar-refractivity contribution < 1.29 is 13.2 Å². The molecular formula is C12H19N3O3S. The average molecular weight is 285 g/mol. The molecule has 1 aromatic carbocycles. The van der Waals surface area contributed by atoms with Crippen molar-refractivity contribution >= 4 is 15.9 Å². The first kappa shape index (κ1) is 15.6. The lowest BCUT2D eigenvalue weighted by atomic mass is 10.2. The van der Waals surface area contributed by atoms with Crippen LogP contribution in [0.3, 0.4) is 0 Å². The predicted octanol–water partition coefficient (Wildman–Crippen LogP) is 0.361. The molecule has 0 saturated carbocycles. The molecule has 19 heavy (non-hydrogen) atoms. The van der Waals surface area contributed by atoms with Crippen LogP contribution in [0.4, 0.5) is 0 Å². The van der Waals surface area contributed by atoms with Gasteiger partial charge in [0.05, 0.1) is 11.1 Å². The second-order valence-electron chi connectivity index (χ2n) is 4.43. The molecule has 3 N–H and O–H groups in total. The van der Waals surface area contributed by atoms with Crippen molar-refractivity contribution in [3.05, 3.63) is 29.8 Å². The van der Waals surface area contributed by atoms with E-state index in [2.05, 4.69) is 5.32 Å². The summed E-state index contributed by atoms with van der Waals surface area (Å²) in [7, 11) is 0.0207. The number of sulfonamides is 1. The number of nitrogens with one attached hydrogen (secondary N) is 1. The van der Waals surface area contributed by atoms with E-state index in [4.69, 9.17) is 5.14 Å². The molecule has 1 rings (SSSR count). The first-order valence-electron chi connectivity index (χ1n) is 5.86. The average Bonchev–Trinajstić information content (AvgIpc) is 2.34. The molecule has 1 aromatic rings. The number of nitrogens with zero attached hydrogens (tertiary/aromatic N) is 1. The Labute approximate surface area is 113 Å². The van der Waals surface area contributed by atoms with Gasteiger partial charge in [-0.05, 0) is 44.8 Å². The van der Waals surface area contributed by atoms with E-state index in [1.165, 1.54) is 24.3 Å². The molecule has 0 spiro atoms. The van der Waals surface area contributed by atoms with E-state index >= 15 is 0 Å². The van der Waals surface area contributed by atoms with Gasteiger partial charge in [-0.3, -0.25) is 9.69 Å². The molecule has 0 aliphatic heterocycles. The van der Waals surface area contributed by atoms with Gasteiger partial charge in [0, 0.05) is 5.56 Å². The van der Waals surface area contributed by atoms with Crippen molar-refractivity contribution in [3.63, 3.8) is 0 Å². The number of nitrogens with two attached hydrogens (primary N) is 1. The summed E-state index contributed by atoms with van der Waals surface area (Å²) in [5.74, 6) is -0.249. The van der Waals surface area contributed by atoms with Gasteiger partial charge in [-0.25, -0.2) is 13.6 Å². The lowest BCUT2D eigenvalue weighted by Crippen LogP contribution is -2.44. The first-order chi connectivity index (χ1) is 8.75. The Morgan fingerprint density at radius 2 is 1.84 bits per heavy atom. The number of hydrogen-bond donors (Lipinski definition) is 2. The Morgan fingerprint density at radius 3 is 2.21 bits per heavy atom. The van der Waals surface area contributed by atoms with Crippen LogP contribution in [0.2, 0.25) is 0 Å². The quantitative estimate of drug-likeness (QED) is 0.764. The first-order valence-corrected chi connectivity index (χ1v) is 7.40. The molecule has 0 aliphatic carbocycles. The Bertz CT molecular complexity index is 538. The maximum atomic E-state index is 12.0. The maximum Gasteiger partial charge on any atom is 0.252 e. The summed E-state index contributed by atoms with van der Waals surface area (Å²) in [5, 5.41) is 7.84. The lowest BCUT2D eigenvalue weighted by molar-refractivity contribution is 0.0887. The number of carbonyl (C=O) groups is 1. The van der Waals surface area contributed by atoms with Gasteiger partial charge in [0.2, 0.25) is 10.0 Å². The summed E-state index contributed by atoms with van der Waals surface area (Å²) in [5.41, 5.74) is 0.396. The second-order valence-corrected chi connectivity index (χ2v) is 5.99. The minimum Gasteiger partial charge on any atom is -0.337 e. The Hall–Kier alpha value is -1.44. The molecule has 106 valence electrons. The fourth-order valence-corrected chi connectivity index (χ4v) is 2.14. The van der Waals surface area contributed by atoms with E-state index in [9.17, 15) is 13.2 Å². The van der Waals surface area contributed by atoms with Crippen LogP contribution in [0.5, 0.6) is 0 Å². The monoisotopic (exact) mass is 285 g/mol. The zero-order valence-electron chi connectivity index (χ0n) is 11.3. The molecule has 6 nitrogen and oxygen atoms in total. The summed E-state index contributed by atoms with van der Waals surface area (Å²) in [6, 6.07) is 5.52. The zero-order chi connectivity index (χ0) is 14.6. The third-order valence-electron chi connectivity index (χ3n) is 2.75. The van der Waals surface area contributed by atoms with Crippen LogP contribution >= 0.6 is 0 Å². The molecule has 0 radical (unpaired) electrons. The van der Waals surface area contributed by atoms with E-state index in [0.717, 1.165) is 6.42 Å². The highest BCUT2D eigenvalue weighted by molar-refractivity contribution is 7.89. The molecule has 1 atom stereocenters. The molecule has 0 aromatic heterocycles. The van der Waals surface area contributed by atoms with Crippen LogP contribution in [0.25, 0.3) is 0 Å². The Morgan fingerprint density at radius 1 is 1.32 bits per heavy atom. The molecule has 0 fully saturated rings. The van der Waals surface area contributed by atoms with Gasteiger partial charge >= 0.3 is 0 Å². The van der Waals surface area contributed by atoms with Crippen LogP contribution < -0.4 is 10.5 Å². The Balaban J connectivity index is 2.84. The standard InChI is InChI=1S/C12H19N3O3S/c1-4-11(15(2)3)14-12(16)9-5-7-10(8-6-9)19(13,17)18/h5-8,11H,4H2,1-3H3,(H,14,16)(H2,13,17,18). The third kappa shape index (κ3) is 4.30. The van der Waals surface area contributed by atoms with E-state index < -0.39 is 10.0 Å². The van der Waals surface area contributed by atoms with Crippen LogP contribution in [0.15, 0.2) is 29.2 Å². The number of amides is 1. The number of benzene rings is 1. The van der Waals surface area contributed by atoms with Crippen molar-refractivity contribution in [2.75, 3.05) is 14.1 Å². The fourth-order valence-electron chi connectivity index (χ4n) is 1.63. The van der Waals surface area contributed by atoms with E-state index in [1.54, 1.807) is 0 Å². The normalized spacial score (nSPS) is 13.3. The number of carbonyl (C=O) groups excluding carboxylic acids is 1. The molecule has 0 aliphatic rings. The highest BCUT2D eigenvalue weighted by Crippen LogP contribution is 2.09. The molecular weight excluding hydrogens is 266 g/mol. The Kier molecular flexibility index (Phi) is 5.04. The highest BCUT2D eigenvalue weighted by atomic mass is 32.2. The van der Waals surface area contributed by atoms with Gasteiger partial charge in [-0.2, -0.15) is 0 Å². The molecule has 1 unspecified atom stereocenters. The van der Waals surface area contributed by atoms with Crippen LogP contribution in [-0.4, -0.2) is 39.5 Å². The fraction of sp³-hybridized carbons (Fsp3) is 0.417. The number of primary sulfonamides is 1. The van der Waals surface area contributed by atoms with E-state index in [-0.39, 0.29) is 17.0 Å². The van der Waals surface area contributed by atoms with Gasteiger partial charge in [0.25, 0.3) is 5.91 Å². The third-order valence-corrected chi connectivity index (χ3v) is 3.68. The maximum absolute atomic E-state index is 12.0. The predicted molar refractivity (Wildman–Crippen MR) is 73.0 cm³/mol. The smallest absolute Gasteiger partial charge is 0.252 e.